The molecule has 4 heteroatoms. The maximum atomic E-state index is 9.58. The Morgan fingerprint density at radius 3 is 2.41 bits per heavy atom. The monoisotopic (exact) mass is 357 g/mol. The molecule has 0 radical (unpaired) electrons. The minimum atomic E-state index is 0.251. The predicted octanol–water partition coefficient (Wildman–Crippen LogP) is 5.12. The van der Waals surface area contributed by atoms with Gasteiger partial charge in [0.2, 0.25) is 0 Å². The summed E-state index contributed by atoms with van der Waals surface area (Å²) in [5.41, 5.74) is 6.57. The largest absolute Gasteiger partial charge is 0.508 e. The minimum Gasteiger partial charge on any atom is -0.508 e. The molecule has 0 amide bonds. The van der Waals surface area contributed by atoms with Crippen molar-refractivity contribution in [3.63, 3.8) is 0 Å². The Bertz CT molecular complexity index is 995. The molecular formula is C23H23N3O. The molecule has 1 unspecified atom stereocenters. The zero-order valence-electron chi connectivity index (χ0n) is 15.6. The molecule has 4 rings (SSSR count). The fourth-order valence-electron chi connectivity index (χ4n) is 3.38. The van der Waals surface area contributed by atoms with Crippen LogP contribution >= 0.6 is 0 Å². The molecule has 136 valence electrons. The van der Waals surface area contributed by atoms with Crippen LogP contribution in [0.4, 0.5) is 0 Å². The summed E-state index contributed by atoms with van der Waals surface area (Å²) in [5, 5.41) is 9.58. The molecule has 27 heavy (non-hydrogen) atoms. The number of aliphatic imine (C=N–C) groups is 1. The summed E-state index contributed by atoms with van der Waals surface area (Å²) in [6, 6.07) is 15.8. The third-order valence-electron chi connectivity index (χ3n) is 5.04. The van der Waals surface area contributed by atoms with E-state index in [4.69, 9.17) is 4.98 Å². The zero-order chi connectivity index (χ0) is 18.8. The predicted molar refractivity (Wildman–Crippen MR) is 111 cm³/mol. The lowest BCUT2D eigenvalue weighted by Crippen LogP contribution is -2.08. The van der Waals surface area contributed by atoms with E-state index >= 15 is 0 Å². The Balaban J connectivity index is 1.85. The lowest BCUT2D eigenvalue weighted by Gasteiger charge is -2.16. The van der Waals surface area contributed by atoms with E-state index in [0.29, 0.717) is 5.92 Å². The number of aromatic hydroxyl groups is 1. The lowest BCUT2D eigenvalue weighted by molar-refractivity contribution is 0.475. The van der Waals surface area contributed by atoms with E-state index < -0.39 is 0 Å². The normalized spacial score (nSPS) is 16.4. The van der Waals surface area contributed by atoms with Gasteiger partial charge in [0, 0.05) is 29.8 Å². The average Bonchev–Trinajstić information content (AvgIpc) is 3.14. The van der Waals surface area contributed by atoms with Gasteiger partial charge < -0.3 is 10.1 Å². The highest BCUT2D eigenvalue weighted by Crippen LogP contribution is 2.35. The highest BCUT2D eigenvalue weighted by atomic mass is 16.3. The number of H-pyrrole nitrogens is 1. The number of phenolic OH excluding ortho intramolecular Hbond substituents is 1. The van der Waals surface area contributed by atoms with Gasteiger partial charge in [-0.3, -0.25) is 4.99 Å². The summed E-state index contributed by atoms with van der Waals surface area (Å²) < 4.78 is 0. The number of nitrogens with one attached hydrogen (secondary N) is 1. The molecule has 2 N–H and O–H groups in total. The first-order valence-corrected chi connectivity index (χ1v) is 9.34. The number of hydrogen-bond donors (Lipinski definition) is 2. The van der Waals surface area contributed by atoms with Crippen LogP contribution in [0.15, 0.2) is 59.6 Å². The number of nitrogens with zero attached hydrogens (tertiary/aromatic N) is 2. The number of aromatic amines is 1. The van der Waals surface area contributed by atoms with Gasteiger partial charge in [-0.1, -0.05) is 38.1 Å². The van der Waals surface area contributed by atoms with Crippen molar-refractivity contribution >= 4 is 11.8 Å². The van der Waals surface area contributed by atoms with Crippen LogP contribution in [-0.2, 0) is 6.42 Å². The Hall–Kier alpha value is -3.14. The standard InChI is InChI=1S/C23H23N3O/c1-3-16-4-6-17(7-5-16)21-22(20-12-13-24-14-15(20)2)26-23(25-21)18-8-10-19(27)11-9-18/h4-13,15,27H,3,14H2,1-2H3,(H,25,26). The first-order valence-electron chi connectivity index (χ1n) is 9.34. The molecule has 1 aromatic heterocycles. The first-order chi connectivity index (χ1) is 13.2. The maximum absolute atomic E-state index is 9.58. The van der Waals surface area contributed by atoms with Crippen LogP contribution in [0.1, 0.15) is 25.1 Å². The second-order valence-electron chi connectivity index (χ2n) is 6.94. The first kappa shape index (κ1) is 17.3. The number of rotatable bonds is 4. The summed E-state index contributed by atoms with van der Waals surface area (Å²) in [5.74, 6) is 1.37. The summed E-state index contributed by atoms with van der Waals surface area (Å²) in [4.78, 5) is 12.8. The average molecular weight is 357 g/mol. The van der Waals surface area contributed by atoms with Gasteiger partial charge in [-0.05, 0) is 47.9 Å². The highest BCUT2D eigenvalue weighted by Gasteiger charge is 2.21. The van der Waals surface area contributed by atoms with Crippen LogP contribution in [0.25, 0.3) is 28.2 Å². The number of hydrogen-bond acceptors (Lipinski definition) is 3. The molecule has 3 aromatic rings. The molecule has 0 aliphatic carbocycles. The Morgan fingerprint density at radius 2 is 1.74 bits per heavy atom. The molecular weight excluding hydrogens is 334 g/mol. The van der Waals surface area contributed by atoms with Gasteiger partial charge in [0.1, 0.15) is 11.6 Å². The highest BCUT2D eigenvalue weighted by molar-refractivity contribution is 5.90. The summed E-state index contributed by atoms with van der Waals surface area (Å²) in [7, 11) is 0. The Labute approximate surface area is 159 Å². The molecule has 2 aromatic carbocycles. The van der Waals surface area contributed by atoms with E-state index in [1.165, 1.54) is 11.1 Å². The summed E-state index contributed by atoms with van der Waals surface area (Å²) >= 11 is 0. The van der Waals surface area contributed by atoms with E-state index in [-0.39, 0.29) is 5.75 Å². The van der Waals surface area contributed by atoms with Crippen LogP contribution in [0, 0.1) is 5.92 Å². The molecule has 4 nitrogen and oxygen atoms in total. The van der Waals surface area contributed by atoms with Gasteiger partial charge in [-0.25, -0.2) is 4.98 Å². The van der Waals surface area contributed by atoms with Crippen molar-refractivity contribution < 1.29 is 5.11 Å². The molecule has 0 spiro atoms. The van der Waals surface area contributed by atoms with Crippen LogP contribution in [-0.4, -0.2) is 27.8 Å². The van der Waals surface area contributed by atoms with E-state index in [1.807, 2.05) is 18.3 Å². The SMILES string of the molecule is CCc1ccc(-c2[nH]c(-c3ccc(O)cc3)nc2C2=CC=NCC2C)cc1. The number of aryl methyl sites for hydroxylation is 1. The maximum Gasteiger partial charge on any atom is 0.138 e. The number of benzene rings is 2. The van der Waals surface area contributed by atoms with E-state index in [9.17, 15) is 5.11 Å². The lowest BCUT2D eigenvalue weighted by atomic mass is 9.93. The number of phenols is 1. The number of dihydropyridines is 1. The number of aromatic nitrogens is 2. The van der Waals surface area contributed by atoms with Crippen LogP contribution in [0.2, 0.25) is 0 Å². The smallest absolute Gasteiger partial charge is 0.138 e. The molecule has 0 saturated heterocycles. The fraction of sp³-hybridized carbons (Fsp3) is 0.217. The van der Waals surface area contributed by atoms with Gasteiger partial charge in [-0.2, -0.15) is 0 Å². The third-order valence-corrected chi connectivity index (χ3v) is 5.04. The Morgan fingerprint density at radius 1 is 1.04 bits per heavy atom. The second kappa shape index (κ2) is 7.23. The molecule has 2 heterocycles. The van der Waals surface area contributed by atoms with Crippen molar-refractivity contribution in [3.8, 4) is 28.4 Å². The van der Waals surface area contributed by atoms with Crippen molar-refractivity contribution in [2.24, 2.45) is 10.9 Å². The third kappa shape index (κ3) is 3.43. The van der Waals surface area contributed by atoms with Crippen molar-refractivity contribution in [3.05, 3.63) is 65.9 Å². The zero-order valence-corrected chi connectivity index (χ0v) is 15.6. The van der Waals surface area contributed by atoms with Gasteiger partial charge in [0.15, 0.2) is 0 Å². The molecule has 0 bridgehead atoms. The van der Waals surface area contributed by atoms with Gasteiger partial charge in [0.05, 0.1) is 11.4 Å². The summed E-state index contributed by atoms with van der Waals surface area (Å²) in [6.45, 7) is 5.12. The van der Waals surface area contributed by atoms with Crippen molar-refractivity contribution in [2.45, 2.75) is 20.3 Å². The van der Waals surface area contributed by atoms with Crippen molar-refractivity contribution in [2.75, 3.05) is 6.54 Å². The molecule has 1 atom stereocenters. The molecule has 1 aliphatic rings. The van der Waals surface area contributed by atoms with Crippen molar-refractivity contribution in [1.82, 2.24) is 9.97 Å². The fourth-order valence-corrected chi connectivity index (χ4v) is 3.38. The van der Waals surface area contributed by atoms with E-state index in [0.717, 1.165) is 41.3 Å². The molecule has 1 aliphatic heterocycles. The minimum absolute atomic E-state index is 0.251. The second-order valence-corrected chi connectivity index (χ2v) is 6.94. The summed E-state index contributed by atoms with van der Waals surface area (Å²) in [6.07, 6.45) is 4.95. The van der Waals surface area contributed by atoms with Crippen LogP contribution in [0.5, 0.6) is 5.75 Å². The molecule has 0 saturated carbocycles. The van der Waals surface area contributed by atoms with Gasteiger partial charge >= 0.3 is 0 Å². The van der Waals surface area contributed by atoms with E-state index in [2.05, 4.69) is 54.2 Å². The number of imidazole rings is 1. The van der Waals surface area contributed by atoms with Gasteiger partial charge in [-0.15, -0.1) is 0 Å². The van der Waals surface area contributed by atoms with E-state index in [1.54, 1.807) is 12.1 Å². The van der Waals surface area contributed by atoms with Crippen LogP contribution in [0.3, 0.4) is 0 Å². The molecule has 0 fully saturated rings. The van der Waals surface area contributed by atoms with Crippen molar-refractivity contribution in [1.29, 1.82) is 0 Å². The number of allylic oxidation sites excluding steroid dienone is 1. The topological polar surface area (TPSA) is 61.3 Å². The quantitative estimate of drug-likeness (QED) is 0.681. The van der Waals surface area contributed by atoms with Gasteiger partial charge in [0.25, 0.3) is 0 Å². The Kier molecular flexibility index (Phi) is 4.63. The van der Waals surface area contributed by atoms with Crippen LogP contribution < -0.4 is 0 Å².